The third kappa shape index (κ3) is 4.66. The number of hydrogen-bond acceptors (Lipinski definition) is 3. The van der Waals surface area contributed by atoms with Crippen LogP contribution < -0.4 is 4.90 Å². The van der Waals surface area contributed by atoms with Gasteiger partial charge in [-0.2, -0.15) is 13.2 Å². The predicted octanol–water partition coefficient (Wildman–Crippen LogP) is 7.23. The van der Waals surface area contributed by atoms with Gasteiger partial charge in [0.1, 0.15) is 11.6 Å². The molecule has 1 aromatic heterocycles. The molecule has 31 heavy (non-hydrogen) atoms. The normalized spacial score (nSPS) is 11.3. The Hall–Kier alpha value is -3.48. The van der Waals surface area contributed by atoms with Gasteiger partial charge in [-0.25, -0.2) is 14.4 Å². The fourth-order valence-electron chi connectivity index (χ4n) is 3.17. The van der Waals surface area contributed by atoms with E-state index in [1.807, 2.05) is 31.2 Å². The molecule has 0 aliphatic heterocycles. The number of allylic oxidation sites excluding steroid dienone is 1. The maximum atomic E-state index is 14.0. The van der Waals surface area contributed by atoms with Gasteiger partial charge in [-0.05, 0) is 57.2 Å². The molecule has 0 aliphatic carbocycles. The summed E-state index contributed by atoms with van der Waals surface area (Å²) in [4.78, 5) is 10.6. The van der Waals surface area contributed by atoms with Crippen LogP contribution in [-0.4, -0.2) is 9.97 Å². The quantitative estimate of drug-likeness (QED) is 0.402. The summed E-state index contributed by atoms with van der Waals surface area (Å²) in [5.74, 6) is -0.640. The summed E-state index contributed by atoms with van der Waals surface area (Å²) in [6.07, 6.45) is -3.21. The second-order valence-electron chi connectivity index (χ2n) is 7.22. The average Bonchev–Trinajstić information content (AvgIpc) is 2.69. The second-order valence-corrected chi connectivity index (χ2v) is 7.22. The molecule has 0 unspecified atom stereocenters. The molecule has 3 nitrogen and oxygen atoms in total. The van der Waals surface area contributed by atoms with E-state index in [2.05, 4.69) is 23.1 Å². The zero-order valence-corrected chi connectivity index (χ0v) is 17.4. The van der Waals surface area contributed by atoms with Gasteiger partial charge in [0.15, 0.2) is 5.82 Å². The highest BCUT2D eigenvalue weighted by molar-refractivity contribution is 5.73. The van der Waals surface area contributed by atoms with Gasteiger partial charge in [-0.15, -0.1) is 0 Å². The summed E-state index contributed by atoms with van der Waals surface area (Å²) in [5, 5.41) is 0. The molecule has 1 heterocycles. The molecule has 2 aromatic carbocycles. The molecule has 0 saturated heterocycles. The minimum Gasteiger partial charge on any atom is -0.299 e. The van der Waals surface area contributed by atoms with E-state index < -0.39 is 17.6 Å². The standard InChI is InChI=1S/C24H21F4N3/c1-6-21-16(5)23(31(14(2)3)20-9-7-15(4)8-10-20)30-22(29-21)17-11-18(24(26,27)28)13-19(25)12-17/h6-13H,1-2H2,3-5H3. The molecule has 3 rings (SSSR count). The molecule has 7 heteroatoms. The van der Waals surface area contributed by atoms with E-state index in [-0.39, 0.29) is 11.4 Å². The summed E-state index contributed by atoms with van der Waals surface area (Å²) in [7, 11) is 0. The Kier molecular flexibility index (Phi) is 5.97. The summed E-state index contributed by atoms with van der Waals surface area (Å²) >= 11 is 0. The lowest BCUT2D eigenvalue weighted by Crippen LogP contribution is -2.18. The van der Waals surface area contributed by atoms with E-state index in [1.54, 1.807) is 18.7 Å². The first-order valence-electron chi connectivity index (χ1n) is 9.43. The molecule has 0 radical (unpaired) electrons. The number of anilines is 2. The van der Waals surface area contributed by atoms with Crippen molar-refractivity contribution in [1.29, 1.82) is 0 Å². The highest BCUT2D eigenvalue weighted by atomic mass is 19.4. The zero-order chi connectivity index (χ0) is 22.9. The number of rotatable bonds is 5. The van der Waals surface area contributed by atoms with Crippen LogP contribution in [0, 0.1) is 19.7 Å². The minimum atomic E-state index is -4.70. The van der Waals surface area contributed by atoms with Crippen LogP contribution in [0.5, 0.6) is 0 Å². The van der Waals surface area contributed by atoms with Gasteiger partial charge in [0, 0.05) is 22.5 Å². The monoisotopic (exact) mass is 427 g/mol. The van der Waals surface area contributed by atoms with Crippen molar-refractivity contribution in [2.24, 2.45) is 0 Å². The third-order valence-corrected chi connectivity index (χ3v) is 4.72. The highest BCUT2D eigenvalue weighted by Crippen LogP contribution is 2.36. The summed E-state index contributed by atoms with van der Waals surface area (Å²) in [6.45, 7) is 13.3. The molecule has 0 fully saturated rings. The molecule has 0 spiro atoms. The fourth-order valence-corrected chi connectivity index (χ4v) is 3.17. The van der Waals surface area contributed by atoms with Crippen LogP contribution in [0.2, 0.25) is 0 Å². The Morgan fingerprint density at radius 2 is 1.68 bits per heavy atom. The van der Waals surface area contributed by atoms with E-state index in [1.165, 1.54) is 6.08 Å². The van der Waals surface area contributed by atoms with E-state index in [0.717, 1.165) is 23.4 Å². The number of nitrogens with zero attached hydrogens (tertiary/aromatic N) is 3. The van der Waals surface area contributed by atoms with Crippen molar-refractivity contribution in [3.8, 4) is 11.4 Å². The van der Waals surface area contributed by atoms with Crippen molar-refractivity contribution < 1.29 is 17.6 Å². The van der Waals surface area contributed by atoms with E-state index in [9.17, 15) is 17.6 Å². The van der Waals surface area contributed by atoms with Gasteiger partial charge < -0.3 is 0 Å². The van der Waals surface area contributed by atoms with Crippen LogP contribution in [-0.2, 0) is 6.18 Å². The number of hydrogen-bond donors (Lipinski definition) is 0. The van der Waals surface area contributed by atoms with Crippen LogP contribution in [0.1, 0.15) is 29.3 Å². The van der Waals surface area contributed by atoms with Crippen LogP contribution in [0.15, 0.2) is 61.3 Å². The first-order chi connectivity index (χ1) is 14.5. The molecule has 3 aromatic rings. The number of aryl methyl sites for hydroxylation is 1. The smallest absolute Gasteiger partial charge is 0.299 e. The van der Waals surface area contributed by atoms with E-state index in [4.69, 9.17) is 0 Å². The summed E-state index contributed by atoms with van der Waals surface area (Å²) < 4.78 is 53.6. The first-order valence-corrected chi connectivity index (χ1v) is 9.43. The van der Waals surface area contributed by atoms with Crippen molar-refractivity contribution in [2.75, 3.05) is 4.90 Å². The lowest BCUT2D eigenvalue weighted by Gasteiger charge is -2.26. The number of aromatic nitrogens is 2. The summed E-state index contributed by atoms with van der Waals surface area (Å²) in [6, 6.07) is 9.90. The highest BCUT2D eigenvalue weighted by Gasteiger charge is 2.32. The molecular weight excluding hydrogens is 406 g/mol. The lowest BCUT2D eigenvalue weighted by molar-refractivity contribution is -0.137. The van der Waals surface area contributed by atoms with Gasteiger partial charge in [-0.3, -0.25) is 4.90 Å². The number of alkyl halides is 3. The Morgan fingerprint density at radius 1 is 1.03 bits per heavy atom. The second kappa shape index (κ2) is 8.34. The van der Waals surface area contributed by atoms with Crippen LogP contribution >= 0.6 is 0 Å². The maximum Gasteiger partial charge on any atom is 0.416 e. The Balaban J connectivity index is 2.25. The Bertz CT molecular complexity index is 1150. The maximum absolute atomic E-state index is 14.0. The van der Waals surface area contributed by atoms with Crippen molar-refractivity contribution in [2.45, 2.75) is 26.9 Å². The molecule has 0 aliphatic rings. The molecule has 0 bridgehead atoms. The van der Waals surface area contributed by atoms with E-state index in [0.29, 0.717) is 28.8 Å². The fraction of sp³-hybridized carbons (Fsp3) is 0.167. The van der Waals surface area contributed by atoms with Gasteiger partial charge in [0.25, 0.3) is 0 Å². The first kappa shape index (κ1) is 22.2. The molecular formula is C24H21F4N3. The molecule has 0 amide bonds. The largest absolute Gasteiger partial charge is 0.416 e. The Morgan fingerprint density at radius 3 is 2.23 bits per heavy atom. The van der Waals surface area contributed by atoms with Crippen LogP contribution in [0.4, 0.5) is 29.1 Å². The van der Waals surface area contributed by atoms with Gasteiger partial charge >= 0.3 is 6.18 Å². The van der Waals surface area contributed by atoms with Crippen molar-refractivity contribution in [1.82, 2.24) is 9.97 Å². The van der Waals surface area contributed by atoms with Gasteiger partial charge in [-0.1, -0.05) is 30.9 Å². The predicted molar refractivity (Wildman–Crippen MR) is 115 cm³/mol. The minimum absolute atomic E-state index is 0.0427. The van der Waals surface area contributed by atoms with Crippen molar-refractivity contribution in [3.05, 3.63) is 89.5 Å². The molecule has 0 N–H and O–H groups in total. The van der Waals surface area contributed by atoms with Crippen LogP contribution in [0.3, 0.4) is 0 Å². The third-order valence-electron chi connectivity index (χ3n) is 4.72. The van der Waals surface area contributed by atoms with E-state index >= 15 is 0 Å². The van der Waals surface area contributed by atoms with Crippen molar-refractivity contribution in [3.63, 3.8) is 0 Å². The lowest BCUT2D eigenvalue weighted by atomic mass is 10.1. The van der Waals surface area contributed by atoms with Crippen molar-refractivity contribution >= 4 is 17.6 Å². The van der Waals surface area contributed by atoms with Gasteiger partial charge in [0.2, 0.25) is 0 Å². The molecule has 0 atom stereocenters. The number of halogens is 4. The van der Waals surface area contributed by atoms with Gasteiger partial charge in [0.05, 0.1) is 11.3 Å². The van der Waals surface area contributed by atoms with Crippen LogP contribution in [0.25, 0.3) is 17.5 Å². The average molecular weight is 427 g/mol. The molecule has 0 saturated carbocycles. The molecule has 160 valence electrons. The Labute approximate surface area is 178 Å². The summed E-state index contributed by atoms with van der Waals surface area (Å²) in [5.41, 5.74) is 2.38. The number of benzene rings is 2. The topological polar surface area (TPSA) is 29.0 Å². The SMILES string of the molecule is C=Cc1nc(-c2cc(F)cc(C(F)(F)F)c2)nc(N(C(=C)C)c2ccc(C)cc2)c1C. The zero-order valence-electron chi connectivity index (χ0n) is 17.4.